The van der Waals surface area contributed by atoms with Gasteiger partial charge in [0.1, 0.15) is 30.0 Å². The van der Waals surface area contributed by atoms with Crippen molar-refractivity contribution >= 4 is 0 Å². The number of fused-ring (bicyclic) bond motifs is 5. The lowest BCUT2D eigenvalue weighted by molar-refractivity contribution is 0.138. The zero-order valence-corrected chi connectivity index (χ0v) is 12.5. The summed E-state index contributed by atoms with van der Waals surface area (Å²) >= 11 is 0. The van der Waals surface area contributed by atoms with E-state index in [-0.39, 0.29) is 12.0 Å². The summed E-state index contributed by atoms with van der Waals surface area (Å²) in [7, 11) is 0. The molecular weight excluding hydrogens is 276 g/mol. The molecule has 22 heavy (non-hydrogen) atoms. The Labute approximate surface area is 130 Å². The summed E-state index contributed by atoms with van der Waals surface area (Å²) < 4.78 is 17.9. The van der Waals surface area contributed by atoms with Gasteiger partial charge in [-0.3, -0.25) is 0 Å². The van der Waals surface area contributed by atoms with Crippen molar-refractivity contribution in [3.8, 4) is 17.2 Å². The first-order chi connectivity index (χ1) is 10.8. The normalized spacial score (nSPS) is 21.0. The van der Waals surface area contributed by atoms with Crippen LogP contribution in [0.4, 0.5) is 0 Å². The van der Waals surface area contributed by atoms with Crippen LogP contribution in [0.3, 0.4) is 0 Å². The van der Waals surface area contributed by atoms with Gasteiger partial charge in [-0.1, -0.05) is 30.9 Å². The molecule has 0 bridgehead atoms. The molecule has 3 nitrogen and oxygen atoms in total. The first-order valence-electron chi connectivity index (χ1n) is 7.55. The molecule has 0 unspecified atom stereocenters. The number of hydrogen-bond acceptors (Lipinski definition) is 3. The van der Waals surface area contributed by atoms with Crippen molar-refractivity contribution in [1.82, 2.24) is 0 Å². The zero-order chi connectivity index (χ0) is 15.1. The van der Waals surface area contributed by atoms with Gasteiger partial charge in [-0.05, 0) is 25.1 Å². The van der Waals surface area contributed by atoms with Crippen molar-refractivity contribution in [2.45, 2.75) is 18.9 Å². The second-order valence-corrected chi connectivity index (χ2v) is 5.70. The van der Waals surface area contributed by atoms with Crippen LogP contribution in [0.2, 0.25) is 0 Å². The van der Waals surface area contributed by atoms with Crippen molar-refractivity contribution in [3.05, 3.63) is 65.7 Å². The Balaban J connectivity index is 1.73. The predicted octanol–water partition coefficient (Wildman–Crippen LogP) is 4.17. The van der Waals surface area contributed by atoms with Crippen LogP contribution in [0.1, 0.15) is 28.7 Å². The van der Waals surface area contributed by atoms with Crippen LogP contribution >= 0.6 is 0 Å². The van der Waals surface area contributed by atoms with E-state index in [1.54, 1.807) is 6.08 Å². The van der Waals surface area contributed by atoms with E-state index >= 15 is 0 Å². The number of benzene rings is 2. The van der Waals surface area contributed by atoms with Crippen LogP contribution in [-0.2, 0) is 0 Å². The average Bonchev–Trinajstić information content (AvgIpc) is 2.93. The van der Waals surface area contributed by atoms with Gasteiger partial charge in [0, 0.05) is 16.7 Å². The van der Waals surface area contributed by atoms with E-state index in [0.29, 0.717) is 13.2 Å². The molecule has 2 aliphatic heterocycles. The maximum Gasteiger partial charge on any atom is 0.138 e. The van der Waals surface area contributed by atoms with E-state index in [0.717, 1.165) is 28.4 Å². The van der Waals surface area contributed by atoms with Gasteiger partial charge in [-0.2, -0.15) is 0 Å². The van der Waals surface area contributed by atoms with E-state index in [9.17, 15) is 0 Å². The Morgan fingerprint density at radius 1 is 1.23 bits per heavy atom. The summed E-state index contributed by atoms with van der Waals surface area (Å²) in [5, 5.41) is 0. The van der Waals surface area contributed by atoms with Crippen molar-refractivity contribution in [3.63, 3.8) is 0 Å². The van der Waals surface area contributed by atoms with Gasteiger partial charge in [0.25, 0.3) is 0 Å². The molecule has 0 saturated carbocycles. The lowest BCUT2D eigenvalue weighted by Gasteiger charge is -2.29. The van der Waals surface area contributed by atoms with Crippen LogP contribution in [0.5, 0.6) is 17.2 Å². The molecule has 4 rings (SSSR count). The minimum absolute atomic E-state index is 0.0355. The van der Waals surface area contributed by atoms with E-state index in [4.69, 9.17) is 14.2 Å². The predicted molar refractivity (Wildman–Crippen MR) is 84.9 cm³/mol. The van der Waals surface area contributed by atoms with Crippen molar-refractivity contribution in [1.29, 1.82) is 0 Å². The summed E-state index contributed by atoms with van der Waals surface area (Å²) in [4.78, 5) is 0. The zero-order valence-electron chi connectivity index (χ0n) is 12.5. The van der Waals surface area contributed by atoms with Gasteiger partial charge in [0.05, 0.1) is 12.5 Å². The molecule has 2 heterocycles. The molecule has 3 heteroatoms. The Hall–Kier alpha value is -2.42. The van der Waals surface area contributed by atoms with Crippen LogP contribution < -0.4 is 14.2 Å². The summed E-state index contributed by atoms with van der Waals surface area (Å²) in [6.07, 6.45) is 1.78. The molecule has 0 amide bonds. The Morgan fingerprint density at radius 3 is 2.95 bits per heavy atom. The van der Waals surface area contributed by atoms with E-state index in [1.165, 1.54) is 5.56 Å². The molecule has 0 radical (unpaired) electrons. The number of ether oxygens (including phenoxy) is 3. The van der Waals surface area contributed by atoms with Crippen LogP contribution in [0.25, 0.3) is 0 Å². The molecule has 2 aromatic carbocycles. The summed E-state index contributed by atoms with van der Waals surface area (Å²) in [6.45, 7) is 6.84. The van der Waals surface area contributed by atoms with Gasteiger partial charge in [0.2, 0.25) is 0 Å². The van der Waals surface area contributed by atoms with Gasteiger partial charge >= 0.3 is 0 Å². The molecule has 0 aliphatic carbocycles. The van der Waals surface area contributed by atoms with E-state index in [2.05, 4.69) is 24.8 Å². The Bertz CT molecular complexity index is 735. The maximum atomic E-state index is 6.18. The van der Waals surface area contributed by atoms with Crippen molar-refractivity contribution in [2.75, 3.05) is 13.2 Å². The maximum absolute atomic E-state index is 6.18. The van der Waals surface area contributed by atoms with Gasteiger partial charge in [-0.25, -0.2) is 0 Å². The average molecular weight is 294 g/mol. The highest BCUT2D eigenvalue weighted by Gasteiger charge is 2.41. The molecule has 0 fully saturated rings. The minimum Gasteiger partial charge on any atom is -0.492 e. The third-order valence-corrected chi connectivity index (χ3v) is 4.39. The van der Waals surface area contributed by atoms with Crippen molar-refractivity contribution in [2.24, 2.45) is 0 Å². The smallest absolute Gasteiger partial charge is 0.138 e. The Morgan fingerprint density at radius 2 is 2.09 bits per heavy atom. The fourth-order valence-electron chi connectivity index (χ4n) is 3.32. The van der Waals surface area contributed by atoms with E-state index in [1.807, 2.05) is 25.1 Å². The first kappa shape index (κ1) is 13.3. The molecule has 0 spiro atoms. The third-order valence-electron chi connectivity index (χ3n) is 4.39. The van der Waals surface area contributed by atoms with Crippen LogP contribution in [0, 0.1) is 6.92 Å². The highest BCUT2D eigenvalue weighted by atomic mass is 16.5. The largest absolute Gasteiger partial charge is 0.492 e. The fourth-order valence-corrected chi connectivity index (χ4v) is 3.32. The third kappa shape index (κ3) is 1.89. The Kier molecular flexibility index (Phi) is 3.07. The number of para-hydroxylation sites is 1. The van der Waals surface area contributed by atoms with Gasteiger partial charge in [0.15, 0.2) is 0 Å². The van der Waals surface area contributed by atoms with Crippen LogP contribution in [0.15, 0.2) is 49.1 Å². The van der Waals surface area contributed by atoms with Gasteiger partial charge in [-0.15, -0.1) is 0 Å². The molecule has 2 aliphatic rings. The second-order valence-electron chi connectivity index (χ2n) is 5.70. The summed E-state index contributed by atoms with van der Waals surface area (Å²) in [6, 6.07) is 12.3. The first-order valence-corrected chi connectivity index (χ1v) is 7.55. The van der Waals surface area contributed by atoms with Gasteiger partial charge < -0.3 is 14.2 Å². The highest BCUT2D eigenvalue weighted by Crippen LogP contribution is 2.52. The fraction of sp³-hybridized carbons (Fsp3) is 0.263. The molecule has 0 aromatic heterocycles. The summed E-state index contributed by atoms with van der Waals surface area (Å²) in [5.74, 6) is 2.98. The topological polar surface area (TPSA) is 27.7 Å². The monoisotopic (exact) mass is 294 g/mol. The minimum atomic E-state index is 0.0355. The second kappa shape index (κ2) is 5.09. The van der Waals surface area contributed by atoms with Crippen molar-refractivity contribution < 1.29 is 14.2 Å². The molecule has 0 N–H and O–H groups in total. The highest BCUT2D eigenvalue weighted by molar-refractivity contribution is 5.55. The summed E-state index contributed by atoms with van der Waals surface area (Å²) in [5.41, 5.74) is 3.37. The van der Waals surface area contributed by atoms with E-state index < -0.39 is 0 Å². The number of hydrogen-bond donors (Lipinski definition) is 0. The lowest BCUT2D eigenvalue weighted by atomic mass is 9.88. The number of rotatable bonds is 3. The SMILES string of the molecule is C=CCOc1ccc2c(c1C)OC[C@H]1c3ccccc3O[C@@H]21. The quantitative estimate of drug-likeness (QED) is 0.795. The molecule has 112 valence electrons. The molecule has 2 aromatic rings. The molecular formula is C19H18O3. The lowest BCUT2D eigenvalue weighted by Crippen LogP contribution is -2.23. The van der Waals surface area contributed by atoms with Crippen LogP contribution in [-0.4, -0.2) is 13.2 Å². The standard InChI is InChI=1S/C19H18O3/c1-3-10-20-16-9-8-14-18(12(16)2)21-11-15-13-6-4-5-7-17(13)22-19(14)15/h3-9,15,19H,1,10-11H2,2H3/t15-,19-/m0/s1. The molecule has 0 saturated heterocycles. The molecule has 2 atom stereocenters.